The Morgan fingerprint density at radius 3 is 2.67 bits per heavy atom. The van der Waals surface area contributed by atoms with Crippen molar-refractivity contribution < 1.29 is 14.6 Å². The van der Waals surface area contributed by atoms with Crippen LogP contribution in [0.2, 0.25) is 5.02 Å². The summed E-state index contributed by atoms with van der Waals surface area (Å²) in [4.78, 5) is 0. The Labute approximate surface area is 74.2 Å². The molecule has 0 aromatic heterocycles. The Kier molecular flexibility index (Phi) is 3.03. The third-order valence-corrected chi connectivity index (χ3v) is 1.84. The molecule has 0 bridgehead atoms. The van der Waals surface area contributed by atoms with Gasteiger partial charge in [0.1, 0.15) is 11.9 Å². The first-order chi connectivity index (χ1) is 5.66. The van der Waals surface area contributed by atoms with E-state index in [4.69, 9.17) is 21.8 Å². The van der Waals surface area contributed by atoms with Gasteiger partial charge in [-0.05, 0) is 12.1 Å². The van der Waals surface area contributed by atoms with Gasteiger partial charge in [0, 0.05) is 10.6 Å². The van der Waals surface area contributed by atoms with Crippen molar-refractivity contribution in [3.63, 3.8) is 0 Å². The van der Waals surface area contributed by atoms with E-state index >= 15 is 0 Å². The largest absolute Gasteiger partial charge is 0.393 e. The topological polar surface area (TPSA) is 40.5 Å². The molecule has 0 radical (unpaired) electrons. The van der Waals surface area contributed by atoms with Gasteiger partial charge in [-0.15, -0.1) is 0 Å². The Morgan fingerprint density at radius 1 is 1.50 bits per heavy atom. The standard InChI is InChI=1S/C8H8ClFO2/c9-5-2-1-3-6(10)8(5)7(12)4-11/h1-3,7,11-12H,4H2. The van der Waals surface area contributed by atoms with Crippen LogP contribution in [0.25, 0.3) is 0 Å². The summed E-state index contributed by atoms with van der Waals surface area (Å²) in [5, 5.41) is 17.8. The Balaban J connectivity index is 3.12. The SMILES string of the molecule is OCC(O)c1c(F)cccc1Cl. The summed E-state index contributed by atoms with van der Waals surface area (Å²) in [7, 11) is 0. The zero-order valence-electron chi connectivity index (χ0n) is 6.17. The van der Waals surface area contributed by atoms with E-state index in [9.17, 15) is 4.39 Å². The molecule has 12 heavy (non-hydrogen) atoms. The quantitative estimate of drug-likeness (QED) is 0.742. The molecule has 66 valence electrons. The molecular formula is C8H8ClFO2. The number of aliphatic hydroxyl groups excluding tert-OH is 2. The third-order valence-electron chi connectivity index (χ3n) is 1.51. The predicted molar refractivity (Wildman–Crippen MR) is 43.5 cm³/mol. The second-order valence-corrected chi connectivity index (χ2v) is 2.74. The van der Waals surface area contributed by atoms with E-state index in [0.717, 1.165) is 0 Å². The monoisotopic (exact) mass is 190 g/mol. The molecule has 4 heteroatoms. The molecular weight excluding hydrogens is 183 g/mol. The fourth-order valence-electron chi connectivity index (χ4n) is 0.920. The molecule has 0 heterocycles. The van der Waals surface area contributed by atoms with Gasteiger partial charge in [0.2, 0.25) is 0 Å². The normalized spacial score (nSPS) is 13.0. The molecule has 1 rings (SSSR count). The zero-order chi connectivity index (χ0) is 9.14. The lowest BCUT2D eigenvalue weighted by atomic mass is 10.1. The van der Waals surface area contributed by atoms with Crippen LogP contribution in [0, 0.1) is 5.82 Å². The Hall–Kier alpha value is -0.640. The summed E-state index contributed by atoms with van der Waals surface area (Å²) in [5.41, 5.74) is -0.0540. The summed E-state index contributed by atoms with van der Waals surface area (Å²) in [5.74, 6) is -0.607. The first kappa shape index (κ1) is 9.45. The van der Waals surface area contributed by atoms with E-state index in [2.05, 4.69) is 0 Å². The van der Waals surface area contributed by atoms with Gasteiger partial charge >= 0.3 is 0 Å². The molecule has 0 fully saturated rings. The molecule has 2 nitrogen and oxygen atoms in total. The molecule has 1 atom stereocenters. The van der Waals surface area contributed by atoms with Crippen LogP contribution in [0.5, 0.6) is 0 Å². The van der Waals surface area contributed by atoms with Crippen LogP contribution in [0.15, 0.2) is 18.2 Å². The zero-order valence-corrected chi connectivity index (χ0v) is 6.92. The van der Waals surface area contributed by atoms with Crippen molar-refractivity contribution in [2.24, 2.45) is 0 Å². The molecule has 1 unspecified atom stereocenters. The van der Waals surface area contributed by atoms with Crippen molar-refractivity contribution >= 4 is 11.6 Å². The highest BCUT2D eigenvalue weighted by molar-refractivity contribution is 6.31. The highest BCUT2D eigenvalue weighted by Crippen LogP contribution is 2.25. The molecule has 0 aliphatic carbocycles. The van der Waals surface area contributed by atoms with Crippen LogP contribution in [-0.4, -0.2) is 16.8 Å². The second-order valence-electron chi connectivity index (χ2n) is 2.33. The minimum Gasteiger partial charge on any atom is -0.393 e. The van der Waals surface area contributed by atoms with E-state index in [-0.39, 0.29) is 10.6 Å². The molecule has 2 N–H and O–H groups in total. The second kappa shape index (κ2) is 3.85. The van der Waals surface area contributed by atoms with Gasteiger partial charge in [0.05, 0.1) is 6.61 Å². The van der Waals surface area contributed by atoms with Crippen molar-refractivity contribution in [1.29, 1.82) is 0 Å². The van der Waals surface area contributed by atoms with E-state index in [0.29, 0.717) is 0 Å². The van der Waals surface area contributed by atoms with E-state index in [1.54, 1.807) is 0 Å². The summed E-state index contributed by atoms with van der Waals surface area (Å²) >= 11 is 5.59. The molecule has 0 saturated carbocycles. The van der Waals surface area contributed by atoms with Crippen LogP contribution in [-0.2, 0) is 0 Å². The van der Waals surface area contributed by atoms with Crippen molar-refractivity contribution in [3.05, 3.63) is 34.6 Å². The van der Waals surface area contributed by atoms with Crippen LogP contribution in [0.3, 0.4) is 0 Å². The molecule has 0 spiro atoms. The minimum atomic E-state index is -1.25. The number of benzene rings is 1. The van der Waals surface area contributed by atoms with Crippen molar-refractivity contribution in [1.82, 2.24) is 0 Å². The Bertz CT molecular complexity index is 258. The van der Waals surface area contributed by atoms with Crippen LogP contribution >= 0.6 is 11.6 Å². The van der Waals surface area contributed by atoms with E-state index < -0.39 is 18.5 Å². The smallest absolute Gasteiger partial charge is 0.130 e. The third kappa shape index (κ3) is 1.75. The number of hydrogen-bond acceptors (Lipinski definition) is 2. The highest BCUT2D eigenvalue weighted by atomic mass is 35.5. The minimum absolute atomic E-state index is 0.0540. The summed E-state index contributed by atoms with van der Waals surface area (Å²) < 4.78 is 12.9. The van der Waals surface area contributed by atoms with Gasteiger partial charge in [-0.25, -0.2) is 4.39 Å². The number of halogens is 2. The lowest BCUT2D eigenvalue weighted by molar-refractivity contribution is 0.0927. The lowest BCUT2D eigenvalue weighted by Crippen LogP contribution is -2.05. The van der Waals surface area contributed by atoms with Gasteiger partial charge in [-0.2, -0.15) is 0 Å². The maximum Gasteiger partial charge on any atom is 0.130 e. The van der Waals surface area contributed by atoms with Crippen molar-refractivity contribution in [2.45, 2.75) is 6.10 Å². The first-order valence-electron chi connectivity index (χ1n) is 3.39. The van der Waals surface area contributed by atoms with Crippen LogP contribution < -0.4 is 0 Å². The molecule has 0 aliphatic rings. The van der Waals surface area contributed by atoms with Gasteiger partial charge in [-0.1, -0.05) is 17.7 Å². The van der Waals surface area contributed by atoms with Gasteiger partial charge in [0.25, 0.3) is 0 Å². The first-order valence-corrected chi connectivity index (χ1v) is 3.77. The van der Waals surface area contributed by atoms with Gasteiger partial charge in [0.15, 0.2) is 0 Å². The summed E-state index contributed by atoms with van der Waals surface area (Å²) in [6.07, 6.45) is -1.25. The molecule has 1 aromatic rings. The molecule has 0 saturated heterocycles. The number of hydrogen-bond donors (Lipinski definition) is 2. The summed E-state index contributed by atoms with van der Waals surface area (Å²) in [6.45, 7) is -0.541. The lowest BCUT2D eigenvalue weighted by Gasteiger charge is -2.09. The van der Waals surface area contributed by atoms with E-state index in [1.165, 1.54) is 18.2 Å². The van der Waals surface area contributed by atoms with E-state index in [1.807, 2.05) is 0 Å². The number of aliphatic hydroxyl groups is 2. The predicted octanol–water partition coefficient (Wildman–Crippen LogP) is 1.50. The fraction of sp³-hybridized carbons (Fsp3) is 0.250. The van der Waals surface area contributed by atoms with Crippen LogP contribution in [0.1, 0.15) is 11.7 Å². The molecule has 1 aromatic carbocycles. The molecule has 0 aliphatic heterocycles. The average molecular weight is 191 g/mol. The Morgan fingerprint density at radius 2 is 2.17 bits per heavy atom. The maximum absolute atomic E-state index is 12.9. The van der Waals surface area contributed by atoms with Gasteiger partial charge in [-0.3, -0.25) is 0 Å². The molecule has 0 amide bonds. The fourth-order valence-corrected chi connectivity index (χ4v) is 1.21. The number of rotatable bonds is 2. The van der Waals surface area contributed by atoms with Crippen molar-refractivity contribution in [2.75, 3.05) is 6.61 Å². The summed E-state index contributed by atoms with van der Waals surface area (Å²) in [6, 6.07) is 4.07. The average Bonchev–Trinajstić information content (AvgIpc) is 2.03. The van der Waals surface area contributed by atoms with Gasteiger partial charge < -0.3 is 10.2 Å². The van der Waals surface area contributed by atoms with Crippen molar-refractivity contribution in [3.8, 4) is 0 Å². The van der Waals surface area contributed by atoms with Crippen LogP contribution in [0.4, 0.5) is 4.39 Å². The maximum atomic E-state index is 12.9. The highest BCUT2D eigenvalue weighted by Gasteiger charge is 2.14.